The molecule has 25 heavy (non-hydrogen) atoms. The van der Waals surface area contributed by atoms with E-state index in [4.69, 9.17) is 13.9 Å². The molecule has 3 heterocycles. The molecule has 0 saturated carbocycles. The van der Waals surface area contributed by atoms with Crippen LogP contribution >= 0.6 is 15.9 Å². The first-order valence-electron chi connectivity index (χ1n) is 8.02. The first-order chi connectivity index (χ1) is 12.2. The van der Waals surface area contributed by atoms with Crippen molar-refractivity contribution in [1.82, 2.24) is 4.90 Å². The minimum atomic E-state index is -0.525. The summed E-state index contributed by atoms with van der Waals surface area (Å²) in [5.74, 6) is 2.04. The molecule has 126 valence electrons. The van der Waals surface area contributed by atoms with Crippen LogP contribution < -0.4 is 9.47 Å². The number of methoxy groups -OCH3 is 1. The second-order valence-electron chi connectivity index (χ2n) is 6.17. The highest BCUT2D eigenvalue weighted by molar-refractivity contribution is 9.10. The lowest BCUT2D eigenvalue weighted by atomic mass is 9.99. The van der Waals surface area contributed by atoms with Crippen molar-refractivity contribution in [3.05, 3.63) is 57.8 Å². The molecule has 2 aliphatic heterocycles. The summed E-state index contributed by atoms with van der Waals surface area (Å²) in [6, 6.07) is 11.2. The summed E-state index contributed by atoms with van der Waals surface area (Å²) >= 11 is 3.41. The van der Waals surface area contributed by atoms with Gasteiger partial charge in [0, 0.05) is 22.0 Å². The SMILES string of the molecule is COc1ccc2oc3c(c2c1)CCN1C(=O)c2cc(Br)ccc2OC31. The number of hydrogen-bond donors (Lipinski definition) is 0. The molecule has 1 amide bonds. The molecule has 3 aromatic rings. The maximum absolute atomic E-state index is 12.9. The van der Waals surface area contributed by atoms with Crippen molar-refractivity contribution >= 4 is 32.8 Å². The van der Waals surface area contributed by atoms with Crippen molar-refractivity contribution in [2.75, 3.05) is 13.7 Å². The van der Waals surface area contributed by atoms with E-state index >= 15 is 0 Å². The van der Waals surface area contributed by atoms with Gasteiger partial charge in [0.2, 0.25) is 6.23 Å². The highest BCUT2D eigenvalue weighted by atomic mass is 79.9. The molecule has 0 fully saturated rings. The number of benzene rings is 2. The summed E-state index contributed by atoms with van der Waals surface area (Å²) in [5.41, 5.74) is 2.45. The number of furan rings is 1. The van der Waals surface area contributed by atoms with Crippen LogP contribution in [-0.4, -0.2) is 24.5 Å². The third-order valence-corrected chi connectivity index (χ3v) is 5.30. The van der Waals surface area contributed by atoms with Crippen molar-refractivity contribution in [1.29, 1.82) is 0 Å². The fourth-order valence-electron chi connectivity index (χ4n) is 3.59. The van der Waals surface area contributed by atoms with Gasteiger partial charge in [0.25, 0.3) is 5.91 Å². The Kier molecular flexibility index (Phi) is 3.12. The average molecular weight is 400 g/mol. The predicted octanol–water partition coefficient (Wildman–Crippen LogP) is 4.29. The number of ether oxygens (including phenoxy) is 2. The quantitative estimate of drug-likeness (QED) is 0.612. The Labute approximate surface area is 152 Å². The molecular formula is C19H14BrNO4. The van der Waals surface area contributed by atoms with E-state index in [-0.39, 0.29) is 5.91 Å². The molecule has 0 N–H and O–H groups in total. The number of nitrogens with zero attached hydrogens (tertiary/aromatic N) is 1. The van der Waals surface area contributed by atoms with Gasteiger partial charge in [-0.25, -0.2) is 0 Å². The molecule has 6 heteroatoms. The van der Waals surface area contributed by atoms with E-state index in [0.717, 1.165) is 33.2 Å². The van der Waals surface area contributed by atoms with Gasteiger partial charge in [-0.05, 0) is 42.8 Å². The number of carbonyl (C=O) groups is 1. The van der Waals surface area contributed by atoms with Crippen molar-refractivity contribution in [3.63, 3.8) is 0 Å². The molecule has 5 rings (SSSR count). The van der Waals surface area contributed by atoms with Gasteiger partial charge in [0.05, 0.1) is 12.7 Å². The third kappa shape index (κ3) is 2.10. The Morgan fingerprint density at radius 1 is 1.24 bits per heavy atom. The molecule has 0 saturated heterocycles. The van der Waals surface area contributed by atoms with E-state index in [1.165, 1.54) is 0 Å². The van der Waals surface area contributed by atoms with Crippen LogP contribution in [0.2, 0.25) is 0 Å². The highest BCUT2D eigenvalue weighted by Gasteiger charge is 2.41. The number of fused-ring (bicyclic) bond motifs is 6. The normalized spacial score (nSPS) is 18.4. The van der Waals surface area contributed by atoms with E-state index in [9.17, 15) is 4.79 Å². The van der Waals surface area contributed by atoms with Gasteiger partial charge < -0.3 is 13.9 Å². The summed E-state index contributed by atoms with van der Waals surface area (Å²) in [7, 11) is 1.65. The van der Waals surface area contributed by atoms with E-state index in [2.05, 4.69) is 15.9 Å². The summed E-state index contributed by atoms with van der Waals surface area (Å²) in [6.07, 6.45) is 0.202. The van der Waals surface area contributed by atoms with Gasteiger partial charge in [0.1, 0.15) is 17.1 Å². The number of halogens is 1. The molecule has 2 aromatic carbocycles. The largest absolute Gasteiger partial charge is 0.497 e. The zero-order valence-corrected chi connectivity index (χ0v) is 15.0. The smallest absolute Gasteiger partial charge is 0.260 e. The summed E-state index contributed by atoms with van der Waals surface area (Å²) < 4.78 is 18.4. The van der Waals surface area contributed by atoms with Gasteiger partial charge in [-0.2, -0.15) is 0 Å². The van der Waals surface area contributed by atoms with Gasteiger partial charge in [-0.3, -0.25) is 9.69 Å². The first kappa shape index (κ1) is 14.8. The van der Waals surface area contributed by atoms with E-state index in [0.29, 0.717) is 23.6 Å². The molecule has 0 bridgehead atoms. The lowest BCUT2D eigenvalue weighted by Gasteiger charge is -2.38. The standard InChI is InChI=1S/C19H14BrNO4/c1-23-11-3-5-15-13(9-11)12-6-7-21-18(22)14-8-10(20)2-4-16(14)25-19(21)17(12)24-15/h2-5,8-9,19H,6-7H2,1H3. The Morgan fingerprint density at radius 2 is 2.12 bits per heavy atom. The molecule has 1 aromatic heterocycles. The predicted molar refractivity (Wildman–Crippen MR) is 95.0 cm³/mol. The van der Waals surface area contributed by atoms with E-state index < -0.39 is 6.23 Å². The van der Waals surface area contributed by atoms with Gasteiger partial charge >= 0.3 is 0 Å². The second-order valence-corrected chi connectivity index (χ2v) is 7.08. The van der Waals surface area contributed by atoms with Gasteiger partial charge in [0.15, 0.2) is 5.76 Å². The average Bonchev–Trinajstić information content (AvgIpc) is 3.00. The van der Waals surface area contributed by atoms with Crippen LogP contribution in [0.1, 0.15) is 27.9 Å². The number of rotatable bonds is 1. The topological polar surface area (TPSA) is 51.9 Å². The fourth-order valence-corrected chi connectivity index (χ4v) is 3.96. The Hall–Kier alpha value is -2.47. The summed E-state index contributed by atoms with van der Waals surface area (Å²) in [4.78, 5) is 14.6. The molecular weight excluding hydrogens is 386 g/mol. The molecule has 0 aliphatic carbocycles. The van der Waals surface area contributed by atoms with Crippen LogP contribution in [-0.2, 0) is 6.42 Å². The first-order valence-corrected chi connectivity index (χ1v) is 8.81. The number of amides is 1. The molecule has 0 spiro atoms. The molecule has 0 radical (unpaired) electrons. The van der Waals surface area contributed by atoms with Crippen LogP contribution in [0.3, 0.4) is 0 Å². The minimum Gasteiger partial charge on any atom is -0.497 e. The second kappa shape index (κ2) is 5.26. The Bertz CT molecular complexity index is 1030. The zero-order chi connectivity index (χ0) is 17.1. The highest BCUT2D eigenvalue weighted by Crippen LogP contribution is 2.43. The Morgan fingerprint density at radius 3 is 2.96 bits per heavy atom. The van der Waals surface area contributed by atoms with Crippen LogP contribution in [0, 0.1) is 0 Å². The summed E-state index contributed by atoms with van der Waals surface area (Å²) in [6.45, 7) is 0.592. The molecule has 2 aliphatic rings. The third-order valence-electron chi connectivity index (χ3n) is 4.81. The molecule has 1 unspecified atom stereocenters. The number of hydrogen-bond acceptors (Lipinski definition) is 4. The monoisotopic (exact) mass is 399 g/mol. The van der Waals surface area contributed by atoms with Gasteiger partial charge in [-0.1, -0.05) is 15.9 Å². The van der Waals surface area contributed by atoms with Crippen LogP contribution in [0.5, 0.6) is 11.5 Å². The molecule has 1 atom stereocenters. The van der Waals surface area contributed by atoms with Crippen molar-refractivity contribution < 1.29 is 18.7 Å². The summed E-state index contributed by atoms with van der Waals surface area (Å²) in [5, 5.41) is 1.02. The van der Waals surface area contributed by atoms with Crippen molar-refractivity contribution in [3.8, 4) is 11.5 Å². The van der Waals surface area contributed by atoms with E-state index in [1.807, 2.05) is 30.3 Å². The van der Waals surface area contributed by atoms with Crippen molar-refractivity contribution in [2.24, 2.45) is 0 Å². The minimum absolute atomic E-state index is 0.0313. The van der Waals surface area contributed by atoms with Crippen molar-refractivity contribution in [2.45, 2.75) is 12.6 Å². The maximum Gasteiger partial charge on any atom is 0.260 e. The lowest BCUT2D eigenvalue weighted by molar-refractivity contribution is -0.00669. The fraction of sp³-hybridized carbons (Fsp3) is 0.211. The molecule has 5 nitrogen and oxygen atoms in total. The number of carbonyl (C=O) groups excluding carboxylic acids is 1. The van der Waals surface area contributed by atoms with Crippen LogP contribution in [0.15, 0.2) is 45.3 Å². The zero-order valence-electron chi connectivity index (χ0n) is 13.4. The maximum atomic E-state index is 12.9. The Balaban J connectivity index is 1.66. The van der Waals surface area contributed by atoms with E-state index in [1.54, 1.807) is 18.1 Å². The van der Waals surface area contributed by atoms with Crippen LogP contribution in [0.25, 0.3) is 11.0 Å². The van der Waals surface area contributed by atoms with Crippen LogP contribution in [0.4, 0.5) is 0 Å². The lowest BCUT2D eigenvalue weighted by Crippen LogP contribution is -2.45. The van der Waals surface area contributed by atoms with Gasteiger partial charge in [-0.15, -0.1) is 0 Å².